The van der Waals surface area contributed by atoms with Crippen LogP contribution >= 0.6 is 0 Å². The van der Waals surface area contributed by atoms with Crippen molar-refractivity contribution < 1.29 is 28.5 Å². The Labute approximate surface area is 225 Å². The van der Waals surface area contributed by atoms with Crippen molar-refractivity contribution in [3.8, 4) is 17.2 Å². The summed E-state index contributed by atoms with van der Waals surface area (Å²) >= 11 is 0. The zero-order chi connectivity index (χ0) is 27.7. The summed E-state index contributed by atoms with van der Waals surface area (Å²) in [5.74, 6) is -0.0699. The van der Waals surface area contributed by atoms with E-state index in [9.17, 15) is 19.5 Å². The van der Waals surface area contributed by atoms with Crippen LogP contribution in [0.15, 0.2) is 56.5 Å². The highest BCUT2D eigenvalue weighted by Gasteiger charge is 2.35. The predicted octanol–water partition coefficient (Wildman–Crippen LogP) is 2.84. The van der Waals surface area contributed by atoms with Crippen molar-refractivity contribution >= 4 is 5.97 Å². The number of nitrogens with zero attached hydrogens (tertiary/aromatic N) is 2. The third-order valence-electron chi connectivity index (χ3n) is 7.66. The van der Waals surface area contributed by atoms with Gasteiger partial charge in [-0.2, -0.15) is 0 Å². The molecule has 2 aliphatic heterocycles. The minimum Gasteiger partial charge on any atom is -0.502 e. The van der Waals surface area contributed by atoms with Crippen LogP contribution in [0, 0.1) is 5.92 Å². The number of carbonyl (C=O) groups is 1. The van der Waals surface area contributed by atoms with Crippen LogP contribution in [0.2, 0.25) is 0 Å². The number of hydrogen-bond acceptors (Lipinski definition) is 9. The molecule has 3 aromatic rings. The first-order valence-corrected chi connectivity index (χ1v) is 12.9. The fourth-order valence-corrected chi connectivity index (χ4v) is 5.90. The van der Waals surface area contributed by atoms with Crippen molar-refractivity contribution in [1.82, 2.24) is 9.47 Å². The number of methoxy groups -OCH3 is 3. The average Bonchev–Trinajstić information content (AvgIpc) is 2.93. The molecule has 2 aliphatic rings. The van der Waals surface area contributed by atoms with Crippen molar-refractivity contribution in [1.29, 1.82) is 0 Å². The SMILES string of the molecule is COC(=O)CC(c1ccc(OC)c(OC)c1)c1oc(CN2C[C@H]3C[C@@H](C2)c2cccc(=O)n2C3)cc(=O)c1O. The molecule has 2 aromatic heterocycles. The molecule has 206 valence electrons. The van der Waals surface area contributed by atoms with Gasteiger partial charge in [0, 0.05) is 43.4 Å². The first-order valence-electron chi connectivity index (χ1n) is 12.9. The maximum atomic E-state index is 12.9. The van der Waals surface area contributed by atoms with Crippen LogP contribution in [-0.2, 0) is 22.6 Å². The second kappa shape index (κ2) is 11.0. The highest BCUT2D eigenvalue weighted by atomic mass is 16.5. The van der Waals surface area contributed by atoms with Crippen LogP contribution in [0.1, 0.15) is 47.5 Å². The lowest BCUT2D eigenvalue weighted by Crippen LogP contribution is -2.46. The van der Waals surface area contributed by atoms with Gasteiger partial charge in [0.25, 0.3) is 5.56 Å². The van der Waals surface area contributed by atoms with E-state index < -0.39 is 23.1 Å². The number of likely N-dealkylation sites (tertiary alicyclic amines) is 1. The van der Waals surface area contributed by atoms with E-state index in [1.54, 1.807) is 30.3 Å². The van der Waals surface area contributed by atoms with E-state index in [-0.39, 0.29) is 23.7 Å². The monoisotopic (exact) mass is 536 g/mol. The van der Waals surface area contributed by atoms with Gasteiger partial charge in [0.05, 0.1) is 40.2 Å². The van der Waals surface area contributed by atoms with Gasteiger partial charge in [0.1, 0.15) is 5.76 Å². The largest absolute Gasteiger partial charge is 0.502 e. The van der Waals surface area contributed by atoms with Crippen LogP contribution in [0.5, 0.6) is 17.2 Å². The zero-order valence-corrected chi connectivity index (χ0v) is 22.2. The maximum Gasteiger partial charge on any atom is 0.306 e. The second-order valence-electron chi connectivity index (χ2n) is 10.1. The Morgan fingerprint density at radius 1 is 1.05 bits per heavy atom. The molecule has 2 bridgehead atoms. The van der Waals surface area contributed by atoms with Crippen LogP contribution in [0.25, 0.3) is 0 Å². The van der Waals surface area contributed by atoms with Gasteiger partial charge in [-0.3, -0.25) is 19.3 Å². The molecule has 1 fully saturated rings. The highest BCUT2D eigenvalue weighted by Crippen LogP contribution is 2.39. The standard InChI is InChI=1S/C29H32N2O8/c1-36-24-8-7-18(10-25(24)37-2)21(12-27(34)38-3)29-28(35)23(32)11-20(39-29)16-30-13-17-9-19(15-30)22-5-4-6-26(33)31(22)14-17/h4-8,10-11,17,19,21,35H,9,12-16H2,1-3H3/t17-,19+,21?/m1/s1. The highest BCUT2D eigenvalue weighted by molar-refractivity contribution is 5.71. The molecule has 3 atom stereocenters. The third-order valence-corrected chi connectivity index (χ3v) is 7.66. The minimum absolute atomic E-state index is 0.00998. The number of aromatic hydroxyl groups is 1. The van der Waals surface area contributed by atoms with E-state index in [1.165, 1.54) is 27.4 Å². The summed E-state index contributed by atoms with van der Waals surface area (Å²) in [5.41, 5.74) is 1.05. The van der Waals surface area contributed by atoms with Gasteiger partial charge in [-0.1, -0.05) is 12.1 Å². The fraction of sp³-hybridized carbons (Fsp3) is 0.414. The van der Waals surface area contributed by atoms with Crippen molar-refractivity contribution in [3.05, 3.63) is 85.8 Å². The fourth-order valence-electron chi connectivity index (χ4n) is 5.90. The number of ether oxygens (including phenoxy) is 3. The number of rotatable bonds is 8. The molecule has 0 saturated carbocycles. The minimum atomic E-state index is -0.801. The lowest BCUT2D eigenvalue weighted by molar-refractivity contribution is -0.140. The van der Waals surface area contributed by atoms with Crippen LogP contribution < -0.4 is 20.5 Å². The van der Waals surface area contributed by atoms with Crippen LogP contribution in [-0.4, -0.2) is 55.0 Å². The number of pyridine rings is 1. The summed E-state index contributed by atoms with van der Waals surface area (Å²) in [6, 6.07) is 11.8. The van der Waals surface area contributed by atoms with Crippen LogP contribution in [0.4, 0.5) is 0 Å². The number of benzene rings is 1. The van der Waals surface area contributed by atoms with Crippen molar-refractivity contribution in [3.63, 3.8) is 0 Å². The molecule has 0 radical (unpaired) electrons. The Kier molecular flexibility index (Phi) is 7.47. The van der Waals surface area contributed by atoms with Gasteiger partial charge >= 0.3 is 5.97 Å². The molecule has 5 rings (SSSR count). The number of fused-ring (bicyclic) bond motifs is 4. The number of piperidine rings is 1. The molecule has 1 N–H and O–H groups in total. The van der Waals surface area contributed by atoms with E-state index in [1.807, 2.05) is 10.6 Å². The summed E-state index contributed by atoms with van der Waals surface area (Å²) in [7, 11) is 4.29. The van der Waals surface area contributed by atoms with Gasteiger partial charge in [0.2, 0.25) is 11.2 Å². The number of hydrogen-bond donors (Lipinski definition) is 1. The third kappa shape index (κ3) is 5.29. The van der Waals surface area contributed by atoms with E-state index in [0.717, 1.165) is 18.7 Å². The van der Waals surface area contributed by atoms with Crippen molar-refractivity contribution in [2.45, 2.75) is 37.8 Å². The van der Waals surface area contributed by atoms with E-state index >= 15 is 0 Å². The first kappa shape index (κ1) is 26.6. The van der Waals surface area contributed by atoms with Gasteiger partial charge in [-0.25, -0.2) is 0 Å². The molecular formula is C29H32N2O8. The molecule has 1 saturated heterocycles. The lowest BCUT2D eigenvalue weighted by Gasteiger charge is -2.42. The maximum absolute atomic E-state index is 12.9. The summed E-state index contributed by atoms with van der Waals surface area (Å²) in [4.78, 5) is 39.8. The molecule has 10 nitrogen and oxygen atoms in total. The number of carbonyl (C=O) groups excluding carboxylic acids is 1. The van der Waals surface area contributed by atoms with Gasteiger partial charge < -0.3 is 28.3 Å². The first-order chi connectivity index (χ1) is 18.8. The van der Waals surface area contributed by atoms with E-state index in [2.05, 4.69) is 4.90 Å². The number of aromatic nitrogens is 1. The van der Waals surface area contributed by atoms with Crippen molar-refractivity contribution in [2.24, 2.45) is 5.92 Å². The summed E-state index contributed by atoms with van der Waals surface area (Å²) < 4.78 is 23.7. The molecule has 0 spiro atoms. The Bertz CT molecular complexity index is 1490. The summed E-state index contributed by atoms with van der Waals surface area (Å²) in [5, 5.41) is 10.8. The van der Waals surface area contributed by atoms with Crippen molar-refractivity contribution in [2.75, 3.05) is 34.4 Å². The molecule has 4 heterocycles. The molecule has 1 unspecified atom stereocenters. The molecule has 1 aromatic carbocycles. The van der Waals surface area contributed by atoms with Crippen LogP contribution in [0.3, 0.4) is 0 Å². The number of esters is 1. The Morgan fingerprint density at radius 3 is 2.59 bits per heavy atom. The van der Waals surface area contributed by atoms with E-state index in [0.29, 0.717) is 48.4 Å². The molecule has 0 amide bonds. The predicted molar refractivity (Wildman–Crippen MR) is 141 cm³/mol. The molecule has 10 heteroatoms. The zero-order valence-electron chi connectivity index (χ0n) is 22.2. The topological polar surface area (TPSA) is 120 Å². The quantitative estimate of drug-likeness (QED) is 0.433. The van der Waals surface area contributed by atoms with Gasteiger partial charge in [0.15, 0.2) is 17.3 Å². The Hall–Kier alpha value is -4.05. The second-order valence-corrected chi connectivity index (χ2v) is 10.1. The Morgan fingerprint density at radius 2 is 1.85 bits per heavy atom. The summed E-state index contributed by atoms with van der Waals surface area (Å²) in [6.45, 7) is 2.47. The normalized spacial score (nSPS) is 19.2. The van der Waals surface area contributed by atoms with Gasteiger partial charge in [-0.05, 0) is 36.1 Å². The smallest absolute Gasteiger partial charge is 0.306 e. The molecule has 0 aliphatic carbocycles. The molecular weight excluding hydrogens is 504 g/mol. The summed E-state index contributed by atoms with van der Waals surface area (Å²) in [6.07, 6.45) is 0.844. The Balaban J connectivity index is 1.47. The van der Waals surface area contributed by atoms with E-state index in [4.69, 9.17) is 18.6 Å². The average molecular weight is 537 g/mol. The van der Waals surface area contributed by atoms with Gasteiger partial charge in [-0.15, -0.1) is 0 Å². The molecule has 39 heavy (non-hydrogen) atoms. The lowest BCUT2D eigenvalue weighted by atomic mass is 9.83.